The van der Waals surface area contributed by atoms with Crippen molar-refractivity contribution in [3.05, 3.63) is 27.8 Å². The number of nitrogens with zero attached hydrogens (tertiary/aromatic N) is 1. The van der Waals surface area contributed by atoms with E-state index in [-0.39, 0.29) is 22.2 Å². The first-order chi connectivity index (χ1) is 9.04. The highest BCUT2D eigenvalue weighted by Crippen LogP contribution is 2.40. The lowest BCUT2D eigenvalue weighted by molar-refractivity contribution is -0.113. The minimum Gasteiger partial charge on any atom is -0.495 e. The number of hydrogen-bond acceptors (Lipinski definition) is 4. The average Bonchev–Trinajstić information content (AvgIpc) is 2.39. The molecule has 1 aromatic carbocycles. The van der Waals surface area contributed by atoms with Crippen molar-refractivity contribution in [2.24, 2.45) is 0 Å². The molecular weight excluding hydrogens is 289 g/mol. The molecule has 0 unspecified atom stereocenters. The van der Waals surface area contributed by atoms with Crippen LogP contribution < -0.4 is 9.47 Å². The summed E-state index contributed by atoms with van der Waals surface area (Å²) in [7, 11) is 2.92. The summed E-state index contributed by atoms with van der Waals surface area (Å²) in [5.41, 5.74) is 0.408. The summed E-state index contributed by atoms with van der Waals surface area (Å²) >= 11 is 12.2. The number of ether oxygens (including phenoxy) is 2. The number of methoxy groups -OCH3 is 2. The fourth-order valence-electron chi connectivity index (χ4n) is 1.36. The van der Waals surface area contributed by atoms with Crippen LogP contribution >= 0.6 is 23.2 Å². The van der Waals surface area contributed by atoms with Crippen LogP contribution in [0.25, 0.3) is 6.08 Å². The maximum Gasteiger partial charge on any atom is 0.169 e. The number of allylic oxidation sites excluding steroid dienone is 1. The number of rotatable bonds is 5. The van der Waals surface area contributed by atoms with Gasteiger partial charge in [0.15, 0.2) is 5.78 Å². The molecule has 0 saturated carbocycles. The second kappa shape index (κ2) is 7.03. The lowest BCUT2D eigenvalue weighted by Crippen LogP contribution is -1.94. The molecule has 6 heteroatoms. The van der Waals surface area contributed by atoms with Crippen LogP contribution in [-0.4, -0.2) is 20.0 Å². The van der Waals surface area contributed by atoms with E-state index in [1.807, 2.05) is 0 Å². The molecule has 0 bridgehead atoms. The predicted octanol–water partition coefficient (Wildman–Crippen LogP) is 3.51. The van der Waals surface area contributed by atoms with Crippen molar-refractivity contribution in [3.8, 4) is 17.6 Å². The molecule has 0 amide bonds. The molecule has 0 radical (unpaired) electrons. The van der Waals surface area contributed by atoms with Crippen molar-refractivity contribution in [3.63, 3.8) is 0 Å². The Kier molecular flexibility index (Phi) is 5.68. The summed E-state index contributed by atoms with van der Waals surface area (Å²) in [5, 5.41) is 8.96. The van der Waals surface area contributed by atoms with Crippen LogP contribution in [-0.2, 0) is 4.79 Å². The fourth-order valence-corrected chi connectivity index (χ4v) is 1.99. The lowest BCUT2D eigenvalue weighted by Gasteiger charge is -2.12. The van der Waals surface area contributed by atoms with E-state index in [1.54, 1.807) is 12.1 Å². The first kappa shape index (κ1) is 15.4. The third-order valence-electron chi connectivity index (χ3n) is 2.30. The van der Waals surface area contributed by atoms with Crippen molar-refractivity contribution in [2.75, 3.05) is 14.2 Å². The van der Waals surface area contributed by atoms with Gasteiger partial charge in [0.1, 0.15) is 11.5 Å². The zero-order valence-corrected chi connectivity index (χ0v) is 11.9. The lowest BCUT2D eigenvalue weighted by atomic mass is 10.1. The fraction of sp³-hybridized carbons (Fsp3) is 0.231. The Morgan fingerprint density at radius 3 is 2.26 bits per heavy atom. The standard InChI is InChI=1S/C13H11Cl2NO3/c1-18-10-7-11(19-2)13(15)9(12(10)14)4-3-8(17)5-6-16/h3-4,7H,5H2,1-2H3. The molecule has 0 atom stereocenters. The smallest absolute Gasteiger partial charge is 0.169 e. The molecule has 0 aliphatic carbocycles. The first-order valence-electron chi connectivity index (χ1n) is 5.23. The quantitative estimate of drug-likeness (QED) is 0.781. The van der Waals surface area contributed by atoms with Gasteiger partial charge in [-0.1, -0.05) is 23.2 Å². The monoisotopic (exact) mass is 299 g/mol. The molecule has 19 heavy (non-hydrogen) atoms. The SMILES string of the molecule is COc1cc(OC)c(Cl)c(C=CC(=O)CC#N)c1Cl. The van der Waals surface area contributed by atoms with Crippen molar-refractivity contribution in [1.29, 1.82) is 5.26 Å². The minimum absolute atomic E-state index is 0.202. The largest absolute Gasteiger partial charge is 0.495 e. The molecule has 0 N–H and O–H groups in total. The third kappa shape index (κ3) is 3.63. The van der Waals surface area contributed by atoms with E-state index in [0.717, 1.165) is 0 Å². The van der Waals surface area contributed by atoms with Gasteiger partial charge in [0.25, 0.3) is 0 Å². The molecule has 0 aliphatic rings. The molecule has 100 valence electrons. The van der Waals surface area contributed by atoms with Gasteiger partial charge in [-0.15, -0.1) is 0 Å². The Morgan fingerprint density at radius 1 is 1.32 bits per heavy atom. The van der Waals surface area contributed by atoms with E-state index in [1.165, 1.54) is 26.4 Å². The van der Waals surface area contributed by atoms with Gasteiger partial charge >= 0.3 is 0 Å². The Hall–Kier alpha value is -1.70. The number of benzene rings is 1. The molecular formula is C13H11Cl2NO3. The maximum absolute atomic E-state index is 11.3. The highest BCUT2D eigenvalue weighted by Gasteiger charge is 2.15. The van der Waals surface area contributed by atoms with Crippen molar-refractivity contribution < 1.29 is 14.3 Å². The Morgan fingerprint density at radius 2 is 1.84 bits per heavy atom. The molecule has 0 aromatic heterocycles. The second-order valence-corrected chi connectivity index (χ2v) is 4.21. The van der Waals surface area contributed by atoms with Crippen LogP contribution in [0.3, 0.4) is 0 Å². The van der Waals surface area contributed by atoms with Gasteiger partial charge in [0, 0.05) is 11.6 Å². The number of carbonyl (C=O) groups excluding carboxylic acids is 1. The number of ketones is 1. The highest BCUT2D eigenvalue weighted by atomic mass is 35.5. The van der Waals surface area contributed by atoms with Crippen LogP contribution in [0.15, 0.2) is 12.1 Å². The van der Waals surface area contributed by atoms with Gasteiger partial charge in [-0.2, -0.15) is 5.26 Å². The number of hydrogen-bond donors (Lipinski definition) is 0. The summed E-state index contributed by atoms with van der Waals surface area (Å²) in [6, 6.07) is 3.32. The van der Waals surface area contributed by atoms with Crippen molar-refractivity contribution in [2.45, 2.75) is 6.42 Å². The Labute approximate surface area is 121 Å². The van der Waals surface area contributed by atoms with Gasteiger partial charge in [-0.25, -0.2) is 0 Å². The van der Waals surface area contributed by atoms with Crippen LogP contribution in [0.1, 0.15) is 12.0 Å². The van der Waals surface area contributed by atoms with E-state index in [9.17, 15) is 4.79 Å². The topological polar surface area (TPSA) is 59.3 Å². The molecule has 1 rings (SSSR count). The van der Waals surface area contributed by atoms with Crippen LogP contribution in [0.2, 0.25) is 10.0 Å². The summed E-state index contributed by atoms with van der Waals surface area (Å²) in [4.78, 5) is 11.3. The van der Waals surface area contributed by atoms with Gasteiger partial charge in [-0.3, -0.25) is 4.79 Å². The summed E-state index contributed by atoms with van der Waals surface area (Å²) in [5.74, 6) is 0.432. The molecule has 0 spiro atoms. The van der Waals surface area contributed by atoms with Gasteiger partial charge in [0.05, 0.1) is 36.8 Å². The Balaban J connectivity index is 3.26. The van der Waals surface area contributed by atoms with Gasteiger partial charge in [0.2, 0.25) is 0 Å². The van der Waals surface area contributed by atoms with Gasteiger partial charge in [-0.05, 0) is 12.2 Å². The summed E-state index contributed by atoms with van der Waals surface area (Å²) in [6.45, 7) is 0. The van der Waals surface area contributed by atoms with E-state index in [0.29, 0.717) is 17.1 Å². The third-order valence-corrected chi connectivity index (χ3v) is 3.08. The number of halogens is 2. The number of nitriles is 1. The molecule has 1 aromatic rings. The Bertz CT molecular complexity index is 534. The molecule has 0 heterocycles. The predicted molar refractivity (Wildman–Crippen MR) is 73.8 cm³/mol. The summed E-state index contributed by atoms with van der Waals surface area (Å²) < 4.78 is 10.2. The van der Waals surface area contributed by atoms with Crippen LogP contribution in [0.5, 0.6) is 11.5 Å². The van der Waals surface area contributed by atoms with E-state index >= 15 is 0 Å². The van der Waals surface area contributed by atoms with E-state index in [4.69, 9.17) is 37.9 Å². The zero-order valence-electron chi connectivity index (χ0n) is 10.4. The molecule has 0 fully saturated rings. The van der Waals surface area contributed by atoms with Gasteiger partial charge < -0.3 is 9.47 Å². The van der Waals surface area contributed by atoms with Crippen molar-refractivity contribution >= 4 is 35.1 Å². The normalized spacial score (nSPS) is 10.3. The maximum atomic E-state index is 11.3. The average molecular weight is 300 g/mol. The number of carbonyl (C=O) groups is 1. The van der Waals surface area contributed by atoms with E-state index in [2.05, 4.69) is 0 Å². The first-order valence-corrected chi connectivity index (χ1v) is 5.98. The molecule has 0 saturated heterocycles. The van der Waals surface area contributed by atoms with Crippen LogP contribution in [0.4, 0.5) is 0 Å². The molecule has 0 aliphatic heterocycles. The highest BCUT2D eigenvalue weighted by molar-refractivity contribution is 6.39. The molecule has 4 nitrogen and oxygen atoms in total. The second-order valence-electron chi connectivity index (χ2n) is 3.46. The van der Waals surface area contributed by atoms with Crippen LogP contribution in [0, 0.1) is 11.3 Å². The van der Waals surface area contributed by atoms with Crippen molar-refractivity contribution in [1.82, 2.24) is 0 Å². The van der Waals surface area contributed by atoms with E-state index < -0.39 is 0 Å². The zero-order chi connectivity index (χ0) is 14.4. The minimum atomic E-state index is -0.337. The summed E-state index contributed by atoms with van der Waals surface area (Å²) in [6.07, 6.45) is 2.48.